The zero-order valence-electron chi connectivity index (χ0n) is 9.84. The highest BCUT2D eigenvalue weighted by Crippen LogP contribution is 2.39. The van der Waals surface area contributed by atoms with Gasteiger partial charge in [-0.2, -0.15) is 0 Å². The van der Waals surface area contributed by atoms with Gasteiger partial charge in [0.15, 0.2) is 0 Å². The first-order valence-electron chi connectivity index (χ1n) is 6.13. The summed E-state index contributed by atoms with van der Waals surface area (Å²) in [6.07, 6.45) is 7.46. The number of hydrogen-bond acceptors (Lipinski definition) is 0. The first-order chi connectivity index (χ1) is 6.13. The fraction of sp³-hybridized carbons (Fsp3) is 1.00. The highest BCUT2D eigenvalue weighted by Gasteiger charge is 2.31. The Morgan fingerprint density at radius 1 is 0.846 bits per heavy atom. The van der Waals surface area contributed by atoms with Gasteiger partial charge in [-0.3, -0.25) is 0 Å². The van der Waals surface area contributed by atoms with E-state index in [4.69, 9.17) is 0 Å². The molecule has 1 aliphatic rings. The van der Waals surface area contributed by atoms with E-state index in [0.717, 1.165) is 24.2 Å². The van der Waals surface area contributed by atoms with Gasteiger partial charge in [-0.15, -0.1) is 0 Å². The lowest BCUT2D eigenvalue weighted by molar-refractivity contribution is 0.489. The maximum atomic E-state index is 2.40. The molecular formula is C12H25B. The Bertz CT molecular complexity index is 126. The van der Waals surface area contributed by atoms with Crippen molar-refractivity contribution in [3.63, 3.8) is 0 Å². The number of hydrogen-bond donors (Lipinski definition) is 0. The average Bonchev–Trinajstić information content (AvgIpc) is 2.04. The van der Waals surface area contributed by atoms with E-state index in [1.54, 1.807) is 0 Å². The summed E-state index contributed by atoms with van der Waals surface area (Å²) in [6.45, 7) is 10.6. The summed E-state index contributed by atoms with van der Waals surface area (Å²) in [5, 5.41) is 0. The molecular weight excluding hydrogens is 155 g/mol. The maximum Gasteiger partial charge on any atom is 0.148 e. The Kier molecular flexibility index (Phi) is 4.35. The maximum absolute atomic E-state index is 2.40. The van der Waals surface area contributed by atoms with Crippen molar-refractivity contribution in [1.29, 1.82) is 0 Å². The highest BCUT2D eigenvalue weighted by molar-refractivity contribution is 6.63. The summed E-state index contributed by atoms with van der Waals surface area (Å²) in [5.41, 5.74) is 0. The van der Waals surface area contributed by atoms with Crippen LogP contribution in [0.2, 0.25) is 17.5 Å². The van der Waals surface area contributed by atoms with Crippen LogP contribution in [0, 0.1) is 0 Å². The van der Waals surface area contributed by atoms with Gasteiger partial charge in [-0.25, -0.2) is 0 Å². The van der Waals surface area contributed by atoms with E-state index in [2.05, 4.69) is 27.7 Å². The van der Waals surface area contributed by atoms with Crippen LogP contribution in [0.3, 0.4) is 0 Å². The molecule has 13 heavy (non-hydrogen) atoms. The Morgan fingerprint density at radius 2 is 1.31 bits per heavy atom. The first-order valence-corrected chi connectivity index (χ1v) is 6.13. The Morgan fingerprint density at radius 3 is 1.69 bits per heavy atom. The molecule has 0 amide bonds. The fourth-order valence-electron chi connectivity index (χ4n) is 3.38. The van der Waals surface area contributed by atoms with Crippen molar-refractivity contribution in [3.8, 4) is 0 Å². The molecule has 0 atom stereocenters. The van der Waals surface area contributed by atoms with Crippen molar-refractivity contribution < 1.29 is 0 Å². The van der Waals surface area contributed by atoms with E-state index in [-0.39, 0.29) is 0 Å². The zero-order valence-corrected chi connectivity index (χ0v) is 9.84. The van der Waals surface area contributed by atoms with Crippen LogP contribution in [0.1, 0.15) is 59.8 Å². The Labute approximate surface area is 84.6 Å². The minimum Gasteiger partial charge on any atom is -0.0693 e. The van der Waals surface area contributed by atoms with Gasteiger partial charge in [0.1, 0.15) is 6.71 Å². The first kappa shape index (κ1) is 11.1. The van der Waals surface area contributed by atoms with Gasteiger partial charge in [-0.1, -0.05) is 77.3 Å². The van der Waals surface area contributed by atoms with Gasteiger partial charge in [0.05, 0.1) is 0 Å². The molecule has 0 unspecified atom stereocenters. The van der Waals surface area contributed by atoms with E-state index in [1.807, 2.05) is 0 Å². The van der Waals surface area contributed by atoms with Gasteiger partial charge in [-0.05, 0) is 0 Å². The van der Waals surface area contributed by atoms with E-state index in [1.165, 1.54) is 32.1 Å². The molecule has 0 bridgehead atoms. The topological polar surface area (TPSA) is 0 Å². The quantitative estimate of drug-likeness (QED) is 0.555. The largest absolute Gasteiger partial charge is 0.148 e. The molecule has 0 N–H and O–H groups in total. The summed E-state index contributed by atoms with van der Waals surface area (Å²) in [5.74, 6) is 2.79. The predicted molar refractivity (Wildman–Crippen MR) is 62.8 cm³/mol. The van der Waals surface area contributed by atoms with Crippen LogP contribution < -0.4 is 0 Å². The predicted octanol–water partition coefficient (Wildman–Crippen LogP) is 4.64. The Hall–Kier alpha value is 0.0649. The van der Waals surface area contributed by atoms with Crippen molar-refractivity contribution in [3.05, 3.63) is 0 Å². The second-order valence-corrected chi connectivity index (χ2v) is 5.46. The summed E-state index contributed by atoms with van der Waals surface area (Å²) < 4.78 is 0. The molecule has 0 nitrogen and oxygen atoms in total. The van der Waals surface area contributed by atoms with Gasteiger partial charge in [0.2, 0.25) is 0 Å². The molecule has 0 aromatic heterocycles. The SMILES string of the molecule is CC(C)B(C(C)C)C1CCCCC1. The highest BCUT2D eigenvalue weighted by atomic mass is 14.2. The minimum absolute atomic E-state index is 0.878. The van der Waals surface area contributed by atoms with Gasteiger partial charge in [0, 0.05) is 0 Å². The molecule has 1 saturated carbocycles. The molecule has 0 aromatic rings. The third-order valence-corrected chi connectivity index (χ3v) is 3.73. The van der Waals surface area contributed by atoms with Crippen LogP contribution in [0.4, 0.5) is 0 Å². The van der Waals surface area contributed by atoms with Gasteiger partial charge < -0.3 is 0 Å². The molecule has 76 valence electrons. The van der Waals surface area contributed by atoms with Crippen molar-refractivity contribution >= 4 is 6.71 Å². The standard InChI is InChI=1S/C12H25B/c1-10(2)13(11(3)4)12-8-6-5-7-9-12/h10-12H,5-9H2,1-4H3. The molecule has 0 spiro atoms. The summed E-state index contributed by atoms with van der Waals surface area (Å²) >= 11 is 0. The Balaban J connectivity index is 2.52. The average molecular weight is 180 g/mol. The van der Waals surface area contributed by atoms with Crippen LogP contribution in [0.15, 0.2) is 0 Å². The van der Waals surface area contributed by atoms with Crippen LogP contribution in [-0.2, 0) is 0 Å². The van der Waals surface area contributed by atoms with Crippen LogP contribution in [0.5, 0.6) is 0 Å². The summed E-state index contributed by atoms with van der Waals surface area (Å²) in [7, 11) is 0. The lowest BCUT2D eigenvalue weighted by Crippen LogP contribution is -2.29. The van der Waals surface area contributed by atoms with Crippen molar-refractivity contribution in [1.82, 2.24) is 0 Å². The second-order valence-electron chi connectivity index (χ2n) is 5.46. The van der Waals surface area contributed by atoms with E-state index in [0.29, 0.717) is 0 Å². The van der Waals surface area contributed by atoms with Crippen LogP contribution >= 0.6 is 0 Å². The zero-order chi connectivity index (χ0) is 9.84. The monoisotopic (exact) mass is 180 g/mol. The molecule has 0 aliphatic heterocycles. The molecule has 1 aliphatic carbocycles. The molecule has 0 heterocycles. The van der Waals surface area contributed by atoms with Crippen molar-refractivity contribution in [2.45, 2.75) is 77.3 Å². The smallest absolute Gasteiger partial charge is 0.0693 e. The van der Waals surface area contributed by atoms with Crippen molar-refractivity contribution in [2.75, 3.05) is 0 Å². The lowest BCUT2D eigenvalue weighted by atomic mass is 9.27. The van der Waals surface area contributed by atoms with Crippen molar-refractivity contribution in [2.24, 2.45) is 0 Å². The van der Waals surface area contributed by atoms with E-state index in [9.17, 15) is 0 Å². The summed E-state index contributed by atoms with van der Waals surface area (Å²) in [4.78, 5) is 0. The lowest BCUT2D eigenvalue weighted by Gasteiger charge is -2.33. The van der Waals surface area contributed by atoms with Gasteiger partial charge in [0.25, 0.3) is 0 Å². The molecule has 0 saturated heterocycles. The third-order valence-electron chi connectivity index (χ3n) is 3.73. The molecule has 1 heteroatoms. The minimum atomic E-state index is 0.878. The van der Waals surface area contributed by atoms with Gasteiger partial charge >= 0.3 is 0 Å². The van der Waals surface area contributed by atoms with Crippen LogP contribution in [-0.4, -0.2) is 6.71 Å². The molecule has 0 aromatic carbocycles. The fourth-order valence-corrected chi connectivity index (χ4v) is 3.38. The van der Waals surface area contributed by atoms with E-state index >= 15 is 0 Å². The molecule has 1 rings (SSSR count). The molecule has 1 fully saturated rings. The normalized spacial score (nSPS) is 19.8. The number of rotatable bonds is 3. The molecule has 0 radical (unpaired) electrons. The van der Waals surface area contributed by atoms with E-state index < -0.39 is 0 Å². The second kappa shape index (κ2) is 5.07. The third kappa shape index (κ3) is 3.04. The van der Waals surface area contributed by atoms with Crippen LogP contribution in [0.25, 0.3) is 0 Å². The summed E-state index contributed by atoms with van der Waals surface area (Å²) in [6, 6.07) is 0.